The molecule has 1 aliphatic heterocycles. The number of benzene rings is 2. The van der Waals surface area contributed by atoms with E-state index in [0.717, 1.165) is 5.56 Å². The lowest BCUT2D eigenvalue weighted by atomic mass is 9.96. The number of hydrogen-bond acceptors (Lipinski definition) is 9. The van der Waals surface area contributed by atoms with Crippen LogP contribution in [0.4, 0.5) is 5.13 Å². The van der Waals surface area contributed by atoms with Gasteiger partial charge in [0.2, 0.25) is 5.13 Å². The molecule has 42 heavy (non-hydrogen) atoms. The van der Waals surface area contributed by atoms with Crippen LogP contribution in [0.5, 0.6) is 5.75 Å². The van der Waals surface area contributed by atoms with E-state index in [1.807, 2.05) is 37.3 Å². The molecule has 0 bridgehead atoms. The number of carbonyl (C=O) groups excluding carboxylic acids is 2. The Morgan fingerprint density at radius 3 is 2.57 bits per heavy atom. The van der Waals surface area contributed by atoms with Gasteiger partial charge in [-0.05, 0) is 61.4 Å². The first kappa shape index (κ1) is 28.0. The number of nitrogens with zero attached hydrogens (tertiary/aromatic N) is 5. The normalized spacial score (nSPS) is 16.5. The van der Waals surface area contributed by atoms with Gasteiger partial charge in [-0.25, -0.2) is 4.98 Å². The number of thioether (sulfide) groups is 1. The smallest absolute Gasteiger partial charge is 0.301 e. The Hall–Kier alpha value is -4.19. The highest BCUT2D eigenvalue weighted by atomic mass is 35.5. The van der Waals surface area contributed by atoms with Gasteiger partial charge in [0, 0.05) is 17.0 Å². The maximum Gasteiger partial charge on any atom is 0.301 e. The molecule has 3 aromatic heterocycles. The van der Waals surface area contributed by atoms with Crippen molar-refractivity contribution < 1.29 is 19.4 Å². The third-order valence-electron chi connectivity index (χ3n) is 6.76. The van der Waals surface area contributed by atoms with Crippen LogP contribution in [0.2, 0.25) is 5.02 Å². The molecule has 4 heterocycles. The van der Waals surface area contributed by atoms with Crippen LogP contribution < -0.4 is 9.64 Å². The van der Waals surface area contributed by atoms with Crippen LogP contribution >= 0.6 is 34.7 Å². The molecule has 6 rings (SSSR count). The fraction of sp³-hybridized carbons (Fsp3) is 0.167. The molecule has 1 aliphatic rings. The third-order valence-corrected chi connectivity index (χ3v) is 9.14. The Morgan fingerprint density at radius 1 is 1.07 bits per heavy atom. The molecule has 12 heteroatoms. The maximum absolute atomic E-state index is 13.6. The number of imidazole rings is 1. The number of amides is 1. The second-order valence-corrected chi connectivity index (χ2v) is 12.0. The average molecular weight is 618 g/mol. The number of aryl methyl sites for hydroxylation is 1. The van der Waals surface area contributed by atoms with Gasteiger partial charge in [-0.15, -0.1) is 10.2 Å². The van der Waals surface area contributed by atoms with Gasteiger partial charge in [-0.3, -0.25) is 18.9 Å². The molecule has 0 aliphatic carbocycles. The number of carbonyl (C=O) groups is 2. The molecule has 2 aromatic carbocycles. The van der Waals surface area contributed by atoms with Crippen molar-refractivity contribution in [3.05, 3.63) is 106 Å². The largest absolute Gasteiger partial charge is 0.505 e. The van der Waals surface area contributed by atoms with Crippen LogP contribution in [0, 0.1) is 6.92 Å². The minimum atomic E-state index is -0.948. The summed E-state index contributed by atoms with van der Waals surface area (Å²) in [5.74, 6) is -0.657. The van der Waals surface area contributed by atoms with E-state index < -0.39 is 17.7 Å². The lowest BCUT2D eigenvalue weighted by Crippen LogP contribution is -2.29. The second-order valence-electron chi connectivity index (χ2n) is 9.41. The number of aliphatic hydroxyl groups excluding tert-OH is 1. The van der Waals surface area contributed by atoms with Gasteiger partial charge >= 0.3 is 5.91 Å². The highest BCUT2D eigenvalue weighted by molar-refractivity contribution is 8.00. The lowest BCUT2D eigenvalue weighted by molar-refractivity contribution is -0.132. The number of ether oxygens (including phenoxy) is 1. The molecule has 1 fully saturated rings. The van der Waals surface area contributed by atoms with E-state index in [1.54, 1.807) is 53.9 Å². The number of pyridine rings is 1. The van der Waals surface area contributed by atoms with Crippen molar-refractivity contribution in [3.8, 4) is 5.75 Å². The topological polar surface area (TPSA) is 110 Å². The number of aromatic nitrogens is 4. The average Bonchev–Trinajstić information content (AvgIpc) is 3.66. The van der Waals surface area contributed by atoms with Gasteiger partial charge in [0.25, 0.3) is 5.78 Å². The minimum Gasteiger partial charge on any atom is -0.505 e. The summed E-state index contributed by atoms with van der Waals surface area (Å²) < 4.78 is 7.92. The van der Waals surface area contributed by atoms with Gasteiger partial charge in [-0.1, -0.05) is 65.0 Å². The fourth-order valence-corrected chi connectivity index (χ4v) is 6.82. The molecule has 1 amide bonds. The summed E-state index contributed by atoms with van der Waals surface area (Å²) in [6.45, 7) is 4.13. The van der Waals surface area contributed by atoms with Gasteiger partial charge in [-0.2, -0.15) is 0 Å². The van der Waals surface area contributed by atoms with Gasteiger partial charge in [0.15, 0.2) is 10.1 Å². The molecule has 0 saturated carbocycles. The highest BCUT2D eigenvalue weighted by Crippen LogP contribution is 2.44. The Labute approximate surface area is 254 Å². The number of halogens is 1. The third kappa shape index (κ3) is 5.15. The maximum atomic E-state index is 13.6. The molecule has 212 valence electrons. The number of aliphatic hydroxyl groups is 1. The summed E-state index contributed by atoms with van der Waals surface area (Å²) in [4.78, 5) is 33.1. The van der Waals surface area contributed by atoms with Gasteiger partial charge in [0.05, 0.1) is 23.9 Å². The van der Waals surface area contributed by atoms with Crippen LogP contribution in [0.25, 0.3) is 11.4 Å². The van der Waals surface area contributed by atoms with E-state index in [-0.39, 0.29) is 16.5 Å². The van der Waals surface area contributed by atoms with Gasteiger partial charge < -0.3 is 9.84 Å². The van der Waals surface area contributed by atoms with Crippen LogP contribution in [-0.4, -0.2) is 43.0 Å². The van der Waals surface area contributed by atoms with Crippen LogP contribution in [0.3, 0.4) is 0 Å². The van der Waals surface area contributed by atoms with E-state index in [0.29, 0.717) is 50.1 Å². The van der Waals surface area contributed by atoms with Crippen molar-refractivity contribution in [1.82, 2.24) is 19.6 Å². The van der Waals surface area contributed by atoms with Crippen molar-refractivity contribution in [2.24, 2.45) is 0 Å². The van der Waals surface area contributed by atoms with Crippen molar-refractivity contribution in [2.45, 2.75) is 30.0 Å². The lowest BCUT2D eigenvalue weighted by Gasteiger charge is -2.22. The van der Waals surface area contributed by atoms with Crippen LogP contribution in [0.1, 0.15) is 35.5 Å². The Bertz CT molecular complexity index is 1830. The monoisotopic (exact) mass is 617 g/mol. The summed E-state index contributed by atoms with van der Waals surface area (Å²) in [5.41, 5.74) is 3.08. The zero-order chi connectivity index (χ0) is 29.4. The predicted octanol–water partition coefficient (Wildman–Crippen LogP) is 6.46. The molecule has 0 spiro atoms. The number of hydrogen-bond donors (Lipinski definition) is 1. The molecule has 1 saturated heterocycles. The summed E-state index contributed by atoms with van der Waals surface area (Å²) in [7, 11) is 0. The number of fused-ring (bicyclic) bond motifs is 1. The number of Topliss-reactive ketones (excluding diaryl/α,β-unsaturated/α-hetero) is 1. The first-order valence-corrected chi connectivity index (χ1v) is 15.2. The van der Waals surface area contributed by atoms with E-state index in [9.17, 15) is 14.7 Å². The zero-order valence-electron chi connectivity index (χ0n) is 22.5. The Morgan fingerprint density at radius 2 is 1.83 bits per heavy atom. The number of rotatable bonds is 8. The van der Waals surface area contributed by atoms with E-state index in [2.05, 4.69) is 15.2 Å². The first-order chi connectivity index (χ1) is 20.4. The minimum absolute atomic E-state index is 0.0523. The summed E-state index contributed by atoms with van der Waals surface area (Å²) in [6, 6.07) is 19.1. The van der Waals surface area contributed by atoms with E-state index in [4.69, 9.17) is 16.3 Å². The quantitative estimate of drug-likeness (QED) is 0.0694. The Balaban J connectivity index is 1.43. The number of ketones is 1. The van der Waals surface area contributed by atoms with Crippen LogP contribution in [0.15, 0.2) is 82.8 Å². The van der Waals surface area contributed by atoms with Crippen molar-refractivity contribution in [3.63, 3.8) is 0 Å². The SMILES string of the molecule is CCOc1ccc(C2C(=C(O)c3c(C)nc4ccccn34)C(=O)C(=O)N2c2nnc(SCc3ccc(Cl)cc3)s2)cc1. The van der Waals surface area contributed by atoms with Gasteiger partial charge in [0.1, 0.15) is 17.1 Å². The van der Waals surface area contributed by atoms with Crippen molar-refractivity contribution in [2.75, 3.05) is 11.5 Å². The van der Waals surface area contributed by atoms with Crippen LogP contribution in [-0.2, 0) is 15.3 Å². The molecule has 1 atom stereocenters. The molecule has 5 aromatic rings. The predicted molar refractivity (Wildman–Crippen MR) is 163 cm³/mol. The highest BCUT2D eigenvalue weighted by Gasteiger charge is 2.49. The zero-order valence-corrected chi connectivity index (χ0v) is 24.9. The van der Waals surface area contributed by atoms with Crippen molar-refractivity contribution >= 4 is 62.9 Å². The second kappa shape index (κ2) is 11.6. The summed E-state index contributed by atoms with van der Waals surface area (Å²) in [6.07, 6.45) is 1.75. The standard InChI is InChI=1S/C30H24ClN5O4S2/c1-3-40-21-13-9-19(10-14-21)25-23(26(37)24-17(2)32-22-6-4-5-15-35(22)24)27(38)28(39)36(25)29-33-34-30(42-29)41-16-18-7-11-20(31)12-8-18/h4-15,25,37H,3,16H2,1-2H3. The summed E-state index contributed by atoms with van der Waals surface area (Å²) >= 11 is 8.67. The van der Waals surface area contributed by atoms with E-state index >= 15 is 0 Å². The van der Waals surface area contributed by atoms with Crippen molar-refractivity contribution in [1.29, 1.82) is 0 Å². The van der Waals surface area contributed by atoms with E-state index in [1.165, 1.54) is 28.0 Å². The molecular formula is C30H24ClN5O4S2. The molecule has 0 radical (unpaired) electrons. The summed E-state index contributed by atoms with van der Waals surface area (Å²) in [5, 5.41) is 21.2. The molecule has 1 unspecified atom stereocenters. The number of anilines is 1. The Kier molecular flexibility index (Phi) is 7.72. The first-order valence-electron chi connectivity index (χ1n) is 13.0. The molecular weight excluding hydrogens is 594 g/mol. The molecule has 1 N–H and O–H groups in total. The fourth-order valence-electron chi connectivity index (χ4n) is 4.87. The molecule has 9 nitrogen and oxygen atoms in total.